The number of likely N-dealkylation sites (N-methyl/N-ethyl adjacent to an activating group) is 1. The highest BCUT2D eigenvalue weighted by Crippen LogP contribution is 2.44. The van der Waals surface area contributed by atoms with Crippen LogP contribution in [0.25, 0.3) is 5.65 Å². The monoisotopic (exact) mass is 428 g/mol. The zero-order valence-electron chi connectivity index (χ0n) is 18.2. The van der Waals surface area contributed by atoms with Crippen LogP contribution in [0.3, 0.4) is 0 Å². The maximum atomic E-state index is 12.9. The summed E-state index contributed by atoms with van der Waals surface area (Å²) in [6.45, 7) is 1.66. The molecule has 1 aliphatic carbocycles. The number of carbonyl (C=O) groups excluding carboxylic acids is 1. The fraction of sp³-hybridized carbons (Fsp3) is 0.609. The Morgan fingerprint density at radius 3 is 2.52 bits per heavy atom. The van der Waals surface area contributed by atoms with E-state index < -0.39 is 17.0 Å². The predicted molar refractivity (Wildman–Crippen MR) is 117 cm³/mol. The highest BCUT2D eigenvalue weighted by Gasteiger charge is 2.40. The Labute approximate surface area is 182 Å². The third-order valence-corrected chi connectivity index (χ3v) is 7.10. The first-order chi connectivity index (χ1) is 14.8. The molecule has 1 saturated heterocycles. The van der Waals surface area contributed by atoms with Crippen molar-refractivity contribution in [2.24, 2.45) is 5.41 Å². The molecule has 1 saturated carbocycles. The number of carbonyl (C=O) groups is 2. The van der Waals surface area contributed by atoms with Gasteiger partial charge in [-0.1, -0.05) is 18.9 Å². The van der Waals surface area contributed by atoms with Gasteiger partial charge in [0.15, 0.2) is 0 Å². The summed E-state index contributed by atoms with van der Waals surface area (Å²) in [5.41, 5.74) is -0.461. The largest absolute Gasteiger partial charge is 0.481 e. The Hall–Kier alpha value is -2.61. The molecule has 1 aliphatic heterocycles. The molecule has 3 heterocycles. The standard InChI is InChI=1S/C23H32N4O4/c1-25(20(28)15-22(16-21(29)30)7-2-3-8-22)17-23(31)9-12-26(13-10-23)19-6-4-5-18-24-11-14-27(18)19/h4-6,11,14,31H,2-3,7-10,12-13,15-17H2,1H3,(H,29,30). The molecule has 31 heavy (non-hydrogen) atoms. The Bertz CT molecular complexity index is 942. The lowest BCUT2D eigenvalue weighted by Gasteiger charge is -2.41. The summed E-state index contributed by atoms with van der Waals surface area (Å²) in [6.07, 6.45) is 8.68. The number of anilines is 1. The molecule has 1 amide bonds. The van der Waals surface area contributed by atoms with E-state index in [0.29, 0.717) is 25.9 Å². The van der Waals surface area contributed by atoms with Crippen molar-refractivity contribution in [2.75, 3.05) is 31.6 Å². The van der Waals surface area contributed by atoms with E-state index in [-0.39, 0.29) is 25.3 Å². The molecule has 0 spiro atoms. The fourth-order valence-corrected chi connectivity index (χ4v) is 5.35. The minimum absolute atomic E-state index is 0.0472. The lowest BCUT2D eigenvalue weighted by Crippen LogP contribution is -2.52. The number of carboxylic acid groups (broad SMARTS) is 1. The zero-order valence-corrected chi connectivity index (χ0v) is 18.2. The Kier molecular flexibility index (Phi) is 5.92. The van der Waals surface area contributed by atoms with Crippen LogP contribution in [-0.4, -0.2) is 68.7 Å². The van der Waals surface area contributed by atoms with E-state index in [1.807, 2.05) is 22.7 Å². The van der Waals surface area contributed by atoms with Gasteiger partial charge in [-0.15, -0.1) is 0 Å². The number of aliphatic hydroxyl groups is 1. The molecule has 2 aliphatic rings. The number of carboxylic acids is 1. The molecular formula is C23H32N4O4. The van der Waals surface area contributed by atoms with E-state index >= 15 is 0 Å². The Balaban J connectivity index is 1.35. The molecule has 2 fully saturated rings. The molecule has 0 unspecified atom stereocenters. The summed E-state index contributed by atoms with van der Waals surface area (Å²) in [4.78, 5) is 32.4. The first kappa shape index (κ1) is 21.6. The van der Waals surface area contributed by atoms with E-state index in [1.54, 1.807) is 18.1 Å². The number of aliphatic carboxylic acids is 1. The summed E-state index contributed by atoms with van der Waals surface area (Å²) in [5, 5.41) is 20.5. The lowest BCUT2D eigenvalue weighted by molar-refractivity contribution is -0.142. The molecule has 0 bridgehead atoms. The molecule has 0 aromatic carbocycles. The van der Waals surface area contributed by atoms with Crippen molar-refractivity contribution in [3.8, 4) is 0 Å². The van der Waals surface area contributed by atoms with Crippen LogP contribution in [0.5, 0.6) is 0 Å². The maximum Gasteiger partial charge on any atom is 0.303 e. The number of hydrogen-bond donors (Lipinski definition) is 2. The van der Waals surface area contributed by atoms with Crippen LogP contribution in [0.4, 0.5) is 5.82 Å². The normalized spacial score (nSPS) is 20.1. The van der Waals surface area contributed by atoms with Gasteiger partial charge in [0, 0.05) is 45.5 Å². The van der Waals surface area contributed by atoms with Crippen LogP contribution in [0, 0.1) is 5.41 Å². The third kappa shape index (κ3) is 4.69. The highest BCUT2D eigenvalue weighted by molar-refractivity contribution is 5.78. The van der Waals surface area contributed by atoms with Gasteiger partial charge < -0.3 is 20.0 Å². The van der Waals surface area contributed by atoms with Gasteiger partial charge in [0.05, 0.1) is 12.0 Å². The summed E-state index contributed by atoms with van der Waals surface area (Å²) >= 11 is 0. The van der Waals surface area contributed by atoms with Gasteiger partial charge >= 0.3 is 5.97 Å². The van der Waals surface area contributed by atoms with E-state index in [0.717, 1.165) is 37.1 Å². The number of amides is 1. The molecular weight excluding hydrogens is 396 g/mol. The fourth-order valence-electron chi connectivity index (χ4n) is 5.35. The maximum absolute atomic E-state index is 12.9. The van der Waals surface area contributed by atoms with Crippen LogP contribution in [0.2, 0.25) is 0 Å². The minimum Gasteiger partial charge on any atom is -0.481 e. The average molecular weight is 429 g/mol. The van der Waals surface area contributed by atoms with Gasteiger partial charge in [0.25, 0.3) is 0 Å². The summed E-state index contributed by atoms with van der Waals surface area (Å²) < 4.78 is 2.05. The van der Waals surface area contributed by atoms with Crippen molar-refractivity contribution < 1.29 is 19.8 Å². The smallest absolute Gasteiger partial charge is 0.303 e. The average Bonchev–Trinajstić information content (AvgIpc) is 3.37. The van der Waals surface area contributed by atoms with Crippen molar-refractivity contribution in [1.29, 1.82) is 0 Å². The molecule has 0 radical (unpaired) electrons. The van der Waals surface area contributed by atoms with Crippen LogP contribution in [-0.2, 0) is 9.59 Å². The van der Waals surface area contributed by atoms with Gasteiger partial charge in [0.2, 0.25) is 5.91 Å². The van der Waals surface area contributed by atoms with E-state index in [4.69, 9.17) is 0 Å². The Morgan fingerprint density at radius 2 is 1.84 bits per heavy atom. The van der Waals surface area contributed by atoms with Crippen molar-refractivity contribution >= 4 is 23.3 Å². The second kappa shape index (κ2) is 8.49. The summed E-state index contributed by atoms with van der Waals surface area (Å²) in [5.74, 6) is 0.150. The van der Waals surface area contributed by atoms with Gasteiger partial charge in [-0.25, -0.2) is 4.98 Å². The van der Waals surface area contributed by atoms with E-state index in [9.17, 15) is 19.8 Å². The number of pyridine rings is 1. The Morgan fingerprint density at radius 1 is 1.13 bits per heavy atom. The lowest BCUT2D eigenvalue weighted by atomic mass is 9.79. The number of nitrogens with zero attached hydrogens (tertiary/aromatic N) is 4. The van der Waals surface area contributed by atoms with Gasteiger partial charge in [-0.2, -0.15) is 0 Å². The second-order valence-electron chi connectivity index (χ2n) is 9.46. The molecule has 8 heteroatoms. The van der Waals surface area contributed by atoms with Crippen molar-refractivity contribution in [3.05, 3.63) is 30.6 Å². The summed E-state index contributed by atoms with van der Waals surface area (Å²) in [6, 6.07) is 6.00. The van der Waals surface area contributed by atoms with Crippen LogP contribution in [0.15, 0.2) is 30.6 Å². The zero-order chi connectivity index (χ0) is 22.1. The molecule has 4 rings (SSSR count). The number of piperidine rings is 1. The quantitative estimate of drug-likeness (QED) is 0.703. The van der Waals surface area contributed by atoms with Gasteiger partial charge in [0.1, 0.15) is 11.5 Å². The molecule has 2 N–H and O–H groups in total. The van der Waals surface area contributed by atoms with Gasteiger partial charge in [-0.3, -0.25) is 14.0 Å². The molecule has 168 valence electrons. The minimum atomic E-state index is -0.931. The second-order valence-corrected chi connectivity index (χ2v) is 9.46. The highest BCUT2D eigenvalue weighted by atomic mass is 16.4. The van der Waals surface area contributed by atoms with Crippen molar-refractivity contribution in [3.63, 3.8) is 0 Å². The molecule has 0 atom stereocenters. The number of fused-ring (bicyclic) bond motifs is 1. The van der Waals surface area contributed by atoms with Crippen LogP contribution < -0.4 is 4.90 Å². The van der Waals surface area contributed by atoms with Crippen molar-refractivity contribution in [2.45, 2.75) is 57.0 Å². The van der Waals surface area contributed by atoms with Crippen LogP contribution in [0.1, 0.15) is 51.4 Å². The molecule has 2 aromatic rings. The first-order valence-electron chi connectivity index (χ1n) is 11.1. The predicted octanol–water partition coefficient (Wildman–Crippen LogP) is 2.55. The third-order valence-electron chi connectivity index (χ3n) is 7.10. The van der Waals surface area contributed by atoms with E-state index in [1.165, 1.54) is 0 Å². The van der Waals surface area contributed by atoms with Crippen LogP contribution >= 0.6 is 0 Å². The first-order valence-corrected chi connectivity index (χ1v) is 11.1. The number of aromatic nitrogens is 2. The van der Waals surface area contributed by atoms with E-state index in [2.05, 4.69) is 16.0 Å². The van der Waals surface area contributed by atoms with Crippen molar-refractivity contribution in [1.82, 2.24) is 14.3 Å². The number of imidazole rings is 1. The topological polar surface area (TPSA) is 98.4 Å². The number of rotatable bonds is 7. The molecule has 2 aromatic heterocycles. The summed E-state index contributed by atoms with van der Waals surface area (Å²) in [7, 11) is 1.72. The number of hydrogen-bond acceptors (Lipinski definition) is 5. The SMILES string of the molecule is CN(CC1(O)CCN(c2cccc3nccn23)CC1)C(=O)CC1(CC(=O)O)CCCC1. The van der Waals surface area contributed by atoms with Gasteiger partial charge in [-0.05, 0) is 43.2 Å². The molecule has 8 nitrogen and oxygen atoms in total.